The minimum absolute atomic E-state index is 0.00693. The molecule has 0 aliphatic carbocycles. The summed E-state index contributed by atoms with van der Waals surface area (Å²) in [5.41, 5.74) is 1.63. The molecule has 6 heteroatoms. The van der Waals surface area contributed by atoms with E-state index in [9.17, 15) is 8.42 Å². The molecular formula is C20H35N2O3S+. The van der Waals surface area contributed by atoms with Crippen molar-refractivity contribution < 1.29 is 18.5 Å². The van der Waals surface area contributed by atoms with Crippen LogP contribution in [0.15, 0.2) is 17.0 Å². The fourth-order valence-electron chi connectivity index (χ4n) is 4.48. The van der Waals surface area contributed by atoms with E-state index < -0.39 is 10.0 Å². The van der Waals surface area contributed by atoms with Crippen molar-refractivity contribution in [3.05, 3.63) is 23.3 Å². The van der Waals surface area contributed by atoms with Gasteiger partial charge in [0, 0.05) is 18.9 Å². The lowest BCUT2D eigenvalue weighted by molar-refractivity contribution is -0.787. The highest BCUT2D eigenvalue weighted by atomic mass is 32.2. The first-order valence-corrected chi connectivity index (χ1v) is 10.8. The van der Waals surface area contributed by atoms with E-state index in [0.717, 1.165) is 24.2 Å². The molecule has 1 heterocycles. The molecule has 1 aromatic rings. The molecule has 0 radical (unpaired) electrons. The Morgan fingerprint density at radius 3 is 2.15 bits per heavy atom. The van der Waals surface area contributed by atoms with Crippen molar-refractivity contribution in [2.75, 3.05) is 7.11 Å². The van der Waals surface area contributed by atoms with E-state index >= 15 is 0 Å². The Labute approximate surface area is 159 Å². The maximum absolute atomic E-state index is 13.2. The van der Waals surface area contributed by atoms with E-state index in [1.807, 2.05) is 26.8 Å². The van der Waals surface area contributed by atoms with E-state index in [0.29, 0.717) is 10.5 Å². The largest absolute Gasteiger partial charge is 0.496 e. The number of rotatable bonds is 5. The van der Waals surface area contributed by atoms with Gasteiger partial charge in [-0.3, -0.25) is 0 Å². The molecule has 0 bridgehead atoms. The zero-order valence-electron chi connectivity index (χ0n) is 17.4. The average molecular weight is 384 g/mol. The first-order valence-electron chi connectivity index (χ1n) is 9.34. The van der Waals surface area contributed by atoms with Gasteiger partial charge in [0.2, 0.25) is 10.0 Å². The van der Waals surface area contributed by atoms with E-state index in [2.05, 4.69) is 37.7 Å². The second-order valence-corrected chi connectivity index (χ2v) is 11.0. The number of aryl methyl sites for hydroxylation is 1. The molecule has 148 valence electrons. The van der Waals surface area contributed by atoms with Crippen LogP contribution < -0.4 is 14.8 Å². The Morgan fingerprint density at radius 1 is 1.15 bits per heavy atom. The van der Waals surface area contributed by atoms with Crippen LogP contribution in [0.5, 0.6) is 5.75 Å². The summed E-state index contributed by atoms with van der Waals surface area (Å²) >= 11 is 0. The summed E-state index contributed by atoms with van der Waals surface area (Å²) in [5.74, 6) is 0.924. The summed E-state index contributed by atoms with van der Waals surface area (Å²) in [7, 11) is -1.97. The van der Waals surface area contributed by atoms with Crippen molar-refractivity contribution in [2.24, 2.45) is 0 Å². The van der Waals surface area contributed by atoms with Crippen LogP contribution in [-0.4, -0.2) is 32.6 Å². The topological polar surface area (TPSA) is 72.0 Å². The minimum atomic E-state index is -3.59. The molecule has 1 aliphatic heterocycles. The first-order chi connectivity index (χ1) is 11.8. The Kier molecular flexibility index (Phi) is 5.81. The SMILES string of the molecule is COc1cc(C)c(S(=O)(=O)NC2CC(C)(C)[NH2+]C(C)(C)C2)cc1C(C)C. The van der Waals surface area contributed by atoms with Gasteiger partial charge < -0.3 is 10.1 Å². The van der Waals surface area contributed by atoms with Crippen molar-refractivity contribution in [1.29, 1.82) is 0 Å². The number of nitrogens with two attached hydrogens (primary N) is 1. The van der Waals surface area contributed by atoms with Crippen molar-refractivity contribution in [2.45, 2.75) is 89.2 Å². The normalized spacial score (nSPS) is 20.3. The monoisotopic (exact) mass is 383 g/mol. The second kappa shape index (κ2) is 7.13. The highest BCUT2D eigenvalue weighted by Gasteiger charge is 2.43. The number of nitrogens with one attached hydrogen (secondary N) is 1. The van der Waals surface area contributed by atoms with Crippen LogP contribution in [-0.2, 0) is 10.0 Å². The number of hydrogen-bond donors (Lipinski definition) is 2. The van der Waals surface area contributed by atoms with Crippen LogP contribution >= 0.6 is 0 Å². The quantitative estimate of drug-likeness (QED) is 0.821. The van der Waals surface area contributed by atoms with Crippen molar-refractivity contribution in [3.8, 4) is 5.75 Å². The van der Waals surface area contributed by atoms with Crippen molar-refractivity contribution in [1.82, 2.24) is 4.72 Å². The molecule has 0 aromatic heterocycles. The van der Waals surface area contributed by atoms with Gasteiger partial charge in [0.1, 0.15) is 5.75 Å². The molecule has 5 nitrogen and oxygen atoms in total. The standard InChI is InChI=1S/C20H34N2O3S/c1-13(2)16-10-18(14(3)9-17(16)25-8)26(23,24)21-15-11-19(4,5)22-20(6,7)12-15/h9-10,13,15,21-22H,11-12H2,1-8H3/p+1. The van der Waals surface area contributed by atoms with Crippen LogP contribution in [0.1, 0.15) is 71.4 Å². The smallest absolute Gasteiger partial charge is 0.241 e. The highest BCUT2D eigenvalue weighted by Crippen LogP contribution is 2.32. The lowest BCUT2D eigenvalue weighted by Gasteiger charge is -2.43. The van der Waals surface area contributed by atoms with E-state index in [1.165, 1.54) is 0 Å². The number of piperidine rings is 1. The predicted octanol–water partition coefficient (Wildman–Crippen LogP) is 2.69. The fourth-order valence-corrected chi connectivity index (χ4v) is 5.98. The Bertz CT molecular complexity index is 752. The Morgan fingerprint density at radius 2 is 1.69 bits per heavy atom. The van der Waals surface area contributed by atoms with Crippen LogP contribution in [0, 0.1) is 6.92 Å². The van der Waals surface area contributed by atoms with Gasteiger partial charge in [0.05, 0.1) is 23.1 Å². The average Bonchev–Trinajstić information content (AvgIpc) is 2.41. The summed E-state index contributed by atoms with van der Waals surface area (Å²) in [6, 6.07) is 3.53. The van der Waals surface area contributed by atoms with Crippen molar-refractivity contribution in [3.63, 3.8) is 0 Å². The summed E-state index contributed by atoms with van der Waals surface area (Å²) in [6.45, 7) is 14.6. The lowest BCUT2D eigenvalue weighted by Crippen LogP contribution is -3.06. The third-order valence-electron chi connectivity index (χ3n) is 5.09. The van der Waals surface area contributed by atoms with E-state index in [1.54, 1.807) is 13.2 Å². The van der Waals surface area contributed by atoms with Gasteiger partial charge in [-0.25, -0.2) is 13.1 Å². The molecule has 0 amide bonds. The highest BCUT2D eigenvalue weighted by molar-refractivity contribution is 7.89. The summed E-state index contributed by atoms with van der Waals surface area (Å²) < 4.78 is 34.7. The minimum Gasteiger partial charge on any atom is -0.496 e. The lowest BCUT2D eigenvalue weighted by atomic mass is 9.80. The fraction of sp³-hybridized carbons (Fsp3) is 0.700. The molecule has 3 N–H and O–H groups in total. The molecular weight excluding hydrogens is 348 g/mol. The molecule has 26 heavy (non-hydrogen) atoms. The maximum Gasteiger partial charge on any atom is 0.241 e. The molecule has 1 aromatic carbocycles. The first kappa shape index (κ1) is 21.2. The molecule has 0 unspecified atom stereocenters. The van der Waals surface area contributed by atoms with E-state index in [-0.39, 0.29) is 23.0 Å². The van der Waals surface area contributed by atoms with Gasteiger partial charge in [0.15, 0.2) is 0 Å². The molecule has 0 saturated carbocycles. The van der Waals surface area contributed by atoms with Crippen LogP contribution in [0.2, 0.25) is 0 Å². The van der Waals surface area contributed by atoms with Crippen LogP contribution in [0.4, 0.5) is 0 Å². The summed E-state index contributed by atoms with van der Waals surface area (Å²) in [6.07, 6.45) is 1.61. The number of hydrogen-bond acceptors (Lipinski definition) is 3. The van der Waals surface area contributed by atoms with Gasteiger partial charge in [-0.1, -0.05) is 13.8 Å². The molecule has 0 atom stereocenters. The molecule has 1 saturated heterocycles. The summed E-state index contributed by atoms with van der Waals surface area (Å²) in [4.78, 5) is 0.354. The van der Waals surface area contributed by atoms with Gasteiger partial charge in [-0.05, 0) is 63.8 Å². The van der Waals surface area contributed by atoms with Crippen LogP contribution in [0.25, 0.3) is 0 Å². The third-order valence-corrected chi connectivity index (χ3v) is 6.75. The zero-order valence-corrected chi connectivity index (χ0v) is 18.3. The Balaban J connectivity index is 2.37. The van der Waals surface area contributed by atoms with Gasteiger partial charge in [-0.15, -0.1) is 0 Å². The van der Waals surface area contributed by atoms with Gasteiger partial charge in [-0.2, -0.15) is 0 Å². The Hall–Kier alpha value is -1.11. The molecule has 1 fully saturated rings. The summed E-state index contributed by atoms with van der Waals surface area (Å²) in [5, 5.41) is 2.35. The van der Waals surface area contributed by atoms with Gasteiger partial charge in [0.25, 0.3) is 0 Å². The maximum atomic E-state index is 13.2. The number of quaternary nitrogens is 1. The van der Waals surface area contributed by atoms with E-state index in [4.69, 9.17) is 4.74 Å². The molecule has 1 aliphatic rings. The number of ether oxygens (including phenoxy) is 1. The third kappa shape index (κ3) is 4.78. The predicted molar refractivity (Wildman–Crippen MR) is 105 cm³/mol. The second-order valence-electron chi connectivity index (χ2n) is 9.36. The number of methoxy groups -OCH3 is 1. The van der Waals surface area contributed by atoms with Crippen molar-refractivity contribution >= 4 is 10.0 Å². The van der Waals surface area contributed by atoms with Gasteiger partial charge >= 0.3 is 0 Å². The van der Waals surface area contributed by atoms with Crippen LogP contribution in [0.3, 0.4) is 0 Å². The molecule has 2 rings (SSSR count). The number of sulfonamides is 1. The number of benzene rings is 1. The molecule has 0 spiro atoms. The zero-order chi connectivity index (χ0) is 19.9.